The molecule has 1 N–H and O–H groups in total. The lowest BCUT2D eigenvalue weighted by molar-refractivity contribution is 0.638. The molecule has 2 rings (SSSR count). The summed E-state index contributed by atoms with van der Waals surface area (Å²) in [5.74, 6) is -0.595. The van der Waals surface area contributed by atoms with Crippen molar-refractivity contribution in [3.8, 4) is 0 Å². The van der Waals surface area contributed by atoms with Crippen LogP contribution in [0.5, 0.6) is 0 Å². The SMILES string of the molecule is O=c1nc(Cl)[nH]c2cccc(F)c12. The molecule has 13 heavy (non-hydrogen) atoms. The van der Waals surface area contributed by atoms with E-state index in [-0.39, 0.29) is 10.7 Å². The molecule has 0 unspecified atom stereocenters. The van der Waals surface area contributed by atoms with E-state index in [4.69, 9.17) is 11.6 Å². The standard InChI is InChI=1S/C8H4ClFN2O/c9-8-11-5-3-1-2-4(10)6(5)7(13)12-8/h1-3H,(H,11,12,13). The highest BCUT2D eigenvalue weighted by Gasteiger charge is 2.06. The molecule has 3 nitrogen and oxygen atoms in total. The summed E-state index contributed by atoms with van der Waals surface area (Å²) in [6.07, 6.45) is 0. The van der Waals surface area contributed by atoms with Crippen LogP contribution in [0, 0.1) is 5.82 Å². The number of rotatable bonds is 0. The number of hydrogen-bond acceptors (Lipinski definition) is 2. The maximum Gasteiger partial charge on any atom is 0.284 e. The van der Waals surface area contributed by atoms with E-state index >= 15 is 0 Å². The number of benzene rings is 1. The molecule has 0 radical (unpaired) electrons. The summed E-state index contributed by atoms with van der Waals surface area (Å²) in [6.45, 7) is 0. The van der Waals surface area contributed by atoms with E-state index in [9.17, 15) is 9.18 Å². The summed E-state index contributed by atoms with van der Waals surface area (Å²) in [5.41, 5.74) is -0.304. The number of H-pyrrole nitrogens is 1. The van der Waals surface area contributed by atoms with Crippen LogP contribution in [-0.2, 0) is 0 Å². The number of nitrogens with one attached hydrogen (secondary N) is 1. The molecule has 1 heterocycles. The average Bonchev–Trinajstić information content (AvgIpc) is 2.02. The van der Waals surface area contributed by atoms with Crippen LogP contribution in [0.4, 0.5) is 4.39 Å². The van der Waals surface area contributed by atoms with Gasteiger partial charge in [0.15, 0.2) is 0 Å². The monoisotopic (exact) mass is 198 g/mol. The van der Waals surface area contributed by atoms with Gasteiger partial charge in [-0.15, -0.1) is 0 Å². The van der Waals surface area contributed by atoms with Crippen LogP contribution in [0.15, 0.2) is 23.0 Å². The molecule has 0 fully saturated rings. The maximum atomic E-state index is 13.1. The molecule has 0 aliphatic heterocycles. The van der Waals surface area contributed by atoms with E-state index < -0.39 is 11.4 Å². The molecule has 0 aliphatic carbocycles. The van der Waals surface area contributed by atoms with Gasteiger partial charge in [-0.1, -0.05) is 6.07 Å². The highest BCUT2D eigenvalue weighted by atomic mass is 35.5. The molecule has 0 saturated heterocycles. The van der Waals surface area contributed by atoms with Gasteiger partial charge in [0.25, 0.3) is 5.56 Å². The Bertz CT molecular complexity index is 523. The number of fused-ring (bicyclic) bond motifs is 1. The molecular weight excluding hydrogens is 195 g/mol. The van der Waals surface area contributed by atoms with E-state index in [0.717, 1.165) is 0 Å². The van der Waals surface area contributed by atoms with E-state index in [0.29, 0.717) is 5.52 Å². The van der Waals surface area contributed by atoms with Crippen LogP contribution in [0.2, 0.25) is 5.28 Å². The van der Waals surface area contributed by atoms with Crippen LogP contribution in [0.25, 0.3) is 10.9 Å². The predicted molar refractivity (Wildman–Crippen MR) is 47.3 cm³/mol. The van der Waals surface area contributed by atoms with Gasteiger partial charge >= 0.3 is 0 Å². The minimum atomic E-state index is -0.656. The Labute approximate surface area is 77.2 Å². The Hall–Kier alpha value is -1.42. The summed E-state index contributed by atoms with van der Waals surface area (Å²) < 4.78 is 13.1. The number of aromatic amines is 1. The molecule has 2 aromatic rings. The number of aromatic nitrogens is 2. The Kier molecular flexibility index (Phi) is 1.77. The molecule has 1 aromatic carbocycles. The van der Waals surface area contributed by atoms with Crippen molar-refractivity contribution in [3.63, 3.8) is 0 Å². The Morgan fingerprint density at radius 2 is 2.23 bits per heavy atom. The second-order valence-electron chi connectivity index (χ2n) is 2.50. The topological polar surface area (TPSA) is 45.8 Å². The van der Waals surface area contributed by atoms with Crippen molar-refractivity contribution in [2.75, 3.05) is 0 Å². The average molecular weight is 199 g/mol. The number of nitrogens with zero attached hydrogens (tertiary/aromatic N) is 1. The van der Waals surface area contributed by atoms with Crippen LogP contribution < -0.4 is 5.56 Å². The first-order valence-corrected chi connectivity index (χ1v) is 3.90. The van der Waals surface area contributed by atoms with Gasteiger partial charge in [-0.25, -0.2) is 4.39 Å². The van der Waals surface area contributed by atoms with E-state index in [2.05, 4.69) is 9.97 Å². The summed E-state index contributed by atoms with van der Waals surface area (Å²) in [4.78, 5) is 17.1. The van der Waals surface area contributed by atoms with Gasteiger partial charge in [-0.2, -0.15) is 4.98 Å². The highest BCUT2D eigenvalue weighted by Crippen LogP contribution is 2.11. The minimum Gasteiger partial charge on any atom is -0.330 e. The number of hydrogen-bond donors (Lipinski definition) is 1. The van der Waals surface area contributed by atoms with Crippen molar-refractivity contribution in [2.24, 2.45) is 0 Å². The predicted octanol–water partition coefficient (Wildman–Crippen LogP) is 1.72. The minimum absolute atomic E-state index is 0.0388. The fraction of sp³-hybridized carbons (Fsp3) is 0. The molecule has 0 spiro atoms. The first-order valence-electron chi connectivity index (χ1n) is 3.52. The first kappa shape index (κ1) is 8.19. The smallest absolute Gasteiger partial charge is 0.284 e. The van der Waals surface area contributed by atoms with Crippen LogP contribution in [0.3, 0.4) is 0 Å². The number of halogens is 2. The summed E-state index contributed by atoms with van der Waals surface area (Å²) in [6, 6.07) is 4.25. The third-order valence-corrected chi connectivity index (χ3v) is 1.84. The second-order valence-corrected chi connectivity index (χ2v) is 2.85. The zero-order valence-electron chi connectivity index (χ0n) is 6.34. The molecular formula is C8H4ClFN2O. The maximum absolute atomic E-state index is 13.1. The van der Waals surface area contributed by atoms with E-state index in [1.807, 2.05) is 0 Å². The Morgan fingerprint density at radius 1 is 1.46 bits per heavy atom. The highest BCUT2D eigenvalue weighted by molar-refractivity contribution is 6.28. The lowest BCUT2D eigenvalue weighted by Crippen LogP contribution is -2.09. The molecule has 1 aromatic heterocycles. The van der Waals surface area contributed by atoms with Gasteiger partial charge in [-0.3, -0.25) is 4.79 Å². The normalized spacial score (nSPS) is 10.6. The van der Waals surface area contributed by atoms with Gasteiger partial charge in [0.2, 0.25) is 5.28 Å². The summed E-state index contributed by atoms with van der Waals surface area (Å²) >= 11 is 5.49. The largest absolute Gasteiger partial charge is 0.330 e. The van der Waals surface area contributed by atoms with Crippen molar-refractivity contribution in [1.29, 1.82) is 0 Å². The van der Waals surface area contributed by atoms with Crippen LogP contribution in [-0.4, -0.2) is 9.97 Å². The summed E-state index contributed by atoms with van der Waals surface area (Å²) in [7, 11) is 0. The third-order valence-electron chi connectivity index (χ3n) is 1.66. The van der Waals surface area contributed by atoms with Gasteiger partial charge in [0.1, 0.15) is 11.2 Å². The zero-order valence-corrected chi connectivity index (χ0v) is 7.10. The van der Waals surface area contributed by atoms with E-state index in [1.54, 1.807) is 6.07 Å². The lowest BCUT2D eigenvalue weighted by atomic mass is 10.2. The Morgan fingerprint density at radius 3 is 3.00 bits per heavy atom. The van der Waals surface area contributed by atoms with Crippen molar-refractivity contribution >= 4 is 22.5 Å². The first-order chi connectivity index (χ1) is 6.18. The van der Waals surface area contributed by atoms with Gasteiger partial charge in [0, 0.05) is 0 Å². The molecule has 0 bridgehead atoms. The van der Waals surface area contributed by atoms with Crippen molar-refractivity contribution in [2.45, 2.75) is 0 Å². The van der Waals surface area contributed by atoms with Gasteiger partial charge in [-0.05, 0) is 23.7 Å². The molecule has 0 saturated carbocycles. The fourth-order valence-corrected chi connectivity index (χ4v) is 1.31. The lowest BCUT2D eigenvalue weighted by Gasteiger charge is -1.97. The second kappa shape index (κ2) is 2.81. The summed E-state index contributed by atoms with van der Waals surface area (Å²) in [5, 5.41) is -0.102. The van der Waals surface area contributed by atoms with Crippen molar-refractivity contribution in [1.82, 2.24) is 9.97 Å². The molecule has 66 valence electrons. The zero-order chi connectivity index (χ0) is 9.42. The molecule has 0 atom stereocenters. The van der Waals surface area contributed by atoms with Crippen molar-refractivity contribution in [3.05, 3.63) is 39.7 Å². The van der Waals surface area contributed by atoms with Crippen LogP contribution in [0.1, 0.15) is 0 Å². The van der Waals surface area contributed by atoms with Gasteiger partial charge in [0.05, 0.1) is 5.52 Å². The molecule has 5 heteroatoms. The quantitative estimate of drug-likeness (QED) is 0.655. The third kappa shape index (κ3) is 1.29. The molecule has 0 aliphatic rings. The van der Waals surface area contributed by atoms with Crippen molar-refractivity contribution < 1.29 is 4.39 Å². The van der Waals surface area contributed by atoms with Crippen LogP contribution >= 0.6 is 11.6 Å². The van der Waals surface area contributed by atoms with E-state index in [1.165, 1.54) is 12.1 Å². The molecule has 0 amide bonds. The Balaban J connectivity index is 3.03. The fourth-order valence-electron chi connectivity index (χ4n) is 1.13. The van der Waals surface area contributed by atoms with Gasteiger partial charge < -0.3 is 4.98 Å².